The second-order valence-corrected chi connectivity index (χ2v) is 4.69. The number of carbonyl (C=O) groups excluding carboxylic acids is 1. The summed E-state index contributed by atoms with van der Waals surface area (Å²) in [4.78, 5) is 12.2. The van der Waals surface area contributed by atoms with Crippen LogP contribution in [0, 0.1) is 5.82 Å². The van der Waals surface area contributed by atoms with Crippen LogP contribution in [0.2, 0.25) is 0 Å². The van der Waals surface area contributed by atoms with Crippen molar-refractivity contribution in [2.45, 2.75) is 0 Å². The molecule has 0 atom stereocenters. The maximum atomic E-state index is 13.7. The summed E-state index contributed by atoms with van der Waals surface area (Å²) in [5.41, 5.74) is 0.881. The minimum atomic E-state index is -0.572. The highest BCUT2D eigenvalue weighted by atomic mass is 19.1. The van der Waals surface area contributed by atoms with Gasteiger partial charge in [-0.1, -0.05) is 0 Å². The second-order valence-electron chi connectivity index (χ2n) is 4.69. The van der Waals surface area contributed by atoms with Gasteiger partial charge in [0.2, 0.25) is 0 Å². The molecule has 0 saturated heterocycles. The summed E-state index contributed by atoms with van der Waals surface area (Å²) < 4.78 is 28.9. The van der Waals surface area contributed by atoms with Crippen LogP contribution in [0.15, 0.2) is 36.4 Å². The number of nitrogens with one attached hydrogen (secondary N) is 1. The first-order valence-corrected chi connectivity index (χ1v) is 6.91. The van der Waals surface area contributed by atoms with Crippen LogP contribution in [0.3, 0.4) is 0 Å². The van der Waals surface area contributed by atoms with E-state index in [1.807, 2.05) is 0 Å². The number of benzene rings is 2. The number of hydrogen-bond donors (Lipinski definition) is 1. The van der Waals surface area contributed by atoms with Crippen molar-refractivity contribution in [2.75, 3.05) is 33.2 Å². The van der Waals surface area contributed by atoms with Gasteiger partial charge in [-0.25, -0.2) is 4.39 Å². The van der Waals surface area contributed by atoms with Gasteiger partial charge in [0.1, 0.15) is 11.5 Å². The van der Waals surface area contributed by atoms with Gasteiger partial charge in [-0.05, 0) is 30.3 Å². The number of ether oxygens (including phenoxy) is 3. The number of ketones is 1. The summed E-state index contributed by atoms with van der Waals surface area (Å²) in [6.07, 6.45) is 0. The lowest BCUT2D eigenvalue weighted by Crippen LogP contribution is -2.15. The van der Waals surface area contributed by atoms with Crippen LogP contribution in [-0.2, 0) is 0 Å². The van der Waals surface area contributed by atoms with Crippen molar-refractivity contribution in [3.63, 3.8) is 0 Å². The monoisotopic (exact) mass is 319 g/mol. The zero-order valence-corrected chi connectivity index (χ0v) is 13.2. The Balaban J connectivity index is 2.11. The normalized spacial score (nSPS) is 10.1. The largest absolute Gasteiger partial charge is 0.497 e. The minimum Gasteiger partial charge on any atom is -0.497 e. The summed E-state index contributed by atoms with van der Waals surface area (Å²) in [6.45, 7) is -0.00467. The van der Waals surface area contributed by atoms with E-state index < -0.39 is 5.82 Å². The van der Waals surface area contributed by atoms with Crippen molar-refractivity contribution < 1.29 is 23.4 Å². The molecule has 0 bridgehead atoms. The molecule has 0 aliphatic carbocycles. The van der Waals surface area contributed by atoms with Crippen LogP contribution in [0.1, 0.15) is 10.4 Å². The van der Waals surface area contributed by atoms with Crippen molar-refractivity contribution in [2.24, 2.45) is 0 Å². The fraction of sp³-hybridized carbons (Fsp3) is 0.235. The van der Waals surface area contributed by atoms with Crippen LogP contribution in [-0.4, -0.2) is 33.7 Å². The van der Waals surface area contributed by atoms with Gasteiger partial charge < -0.3 is 19.5 Å². The van der Waals surface area contributed by atoms with E-state index in [4.69, 9.17) is 14.2 Å². The maximum Gasteiger partial charge on any atom is 0.181 e. The van der Waals surface area contributed by atoms with Gasteiger partial charge in [0.05, 0.1) is 33.6 Å². The van der Waals surface area contributed by atoms with Crippen LogP contribution in [0.5, 0.6) is 17.2 Å². The molecule has 0 aliphatic heterocycles. The molecule has 0 fully saturated rings. The van der Waals surface area contributed by atoms with Crippen molar-refractivity contribution in [1.29, 1.82) is 0 Å². The van der Waals surface area contributed by atoms with Crippen LogP contribution in [0.25, 0.3) is 0 Å². The quantitative estimate of drug-likeness (QED) is 0.795. The van der Waals surface area contributed by atoms with Crippen LogP contribution in [0.4, 0.5) is 10.1 Å². The summed E-state index contributed by atoms with van der Waals surface area (Å²) in [5.74, 6) is 0.494. The minimum absolute atomic E-state index is 0.00467. The van der Waals surface area contributed by atoms with Gasteiger partial charge in [0.15, 0.2) is 17.3 Å². The Morgan fingerprint density at radius 2 is 1.70 bits per heavy atom. The Kier molecular flexibility index (Phi) is 5.41. The Morgan fingerprint density at radius 1 is 1.00 bits per heavy atom. The molecule has 1 N–H and O–H groups in total. The lowest BCUT2D eigenvalue weighted by Gasteiger charge is -2.12. The van der Waals surface area contributed by atoms with Gasteiger partial charge in [-0.15, -0.1) is 0 Å². The predicted octanol–water partition coefficient (Wildman–Crippen LogP) is 3.15. The molecule has 6 heteroatoms. The third-order valence-corrected chi connectivity index (χ3v) is 3.32. The molecule has 2 aromatic carbocycles. The van der Waals surface area contributed by atoms with Crippen LogP contribution >= 0.6 is 0 Å². The van der Waals surface area contributed by atoms with Crippen molar-refractivity contribution >= 4 is 11.5 Å². The number of methoxy groups -OCH3 is 3. The summed E-state index contributed by atoms with van der Waals surface area (Å²) in [5, 5.41) is 2.98. The molecule has 2 rings (SSSR count). The Hall–Kier alpha value is -2.76. The Bertz CT molecular complexity index is 703. The van der Waals surface area contributed by atoms with Crippen LogP contribution < -0.4 is 19.5 Å². The van der Waals surface area contributed by atoms with E-state index in [1.54, 1.807) is 25.3 Å². The van der Waals surface area contributed by atoms with E-state index in [0.717, 1.165) is 6.07 Å². The summed E-state index contributed by atoms with van der Waals surface area (Å²) >= 11 is 0. The highest BCUT2D eigenvalue weighted by molar-refractivity contribution is 5.99. The van der Waals surface area contributed by atoms with Crippen molar-refractivity contribution in [3.8, 4) is 17.2 Å². The highest BCUT2D eigenvalue weighted by Gasteiger charge is 2.12. The topological polar surface area (TPSA) is 56.8 Å². The Morgan fingerprint density at radius 3 is 2.30 bits per heavy atom. The number of carbonyl (C=O) groups is 1. The first-order chi connectivity index (χ1) is 11.1. The molecule has 0 aliphatic rings. The van der Waals surface area contributed by atoms with E-state index in [1.165, 1.54) is 26.4 Å². The van der Waals surface area contributed by atoms with E-state index in [-0.39, 0.29) is 23.6 Å². The van der Waals surface area contributed by atoms with E-state index in [0.29, 0.717) is 17.2 Å². The molecule has 0 spiro atoms. The average molecular weight is 319 g/mol. The zero-order valence-electron chi connectivity index (χ0n) is 13.2. The molecule has 0 unspecified atom stereocenters. The van der Waals surface area contributed by atoms with Gasteiger partial charge in [-0.3, -0.25) is 4.79 Å². The molecule has 5 nitrogen and oxygen atoms in total. The molecule has 122 valence electrons. The number of rotatable bonds is 7. The molecular weight excluding hydrogens is 301 g/mol. The SMILES string of the molecule is COc1ccc(OC)c(NCC(=O)c2ccc(OC)c(F)c2)c1. The Labute approximate surface area is 134 Å². The van der Waals surface area contributed by atoms with Gasteiger partial charge >= 0.3 is 0 Å². The fourth-order valence-corrected chi connectivity index (χ4v) is 2.07. The predicted molar refractivity (Wildman–Crippen MR) is 85.3 cm³/mol. The van der Waals surface area contributed by atoms with Gasteiger partial charge in [0, 0.05) is 11.6 Å². The van der Waals surface area contributed by atoms with Crippen molar-refractivity contribution in [3.05, 3.63) is 47.8 Å². The number of Topliss-reactive ketones (excluding diaryl/α,β-unsaturated/α-hetero) is 1. The maximum absolute atomic E-state index is 13.7. The fourth-order valence-electron chi connectivity index (χ4n) is 2.07. The second kappa shape index (κ2) is 7.49. The zero-order chi connectivity index (χ0) is 16.8. The smallest absolute Gasteiger partial charge is 0.181 e. The lowest BCUT2D eigenvalue weighted by atomic mass is 10.1. The molecule has 0 radical (unpaired) electrons. The number of anilines is 1. The number of halogens is 1. The standard InChI is InChI=1S/C17H18FNO4/c1-21-12-5-7-17(23-3)14(9-12)19-10-15(20)11-4-6-16(22-2)13(18)8-11/h4-9,19H,10H2,1-3H3. The molecule has 23 heavy (non-hydrogen) atoms. The number of hydrogen-bond acceptors (Lipinski definition) is 5. The molecule has 0 amide bonds. The van der Waals surface area contributed by atoms with E-state index in [2.05, 4.69) is 5.32 Å². The third-order valence-electron chi connectivity index (χ3n) is 3.32. The molecule has 2 aromatic rings. The first-order valence-electron chi connectivity index (χ1n) is 6.91. The molecule has 0 aromatic heterocycles. The summed E-state index contributed by atoms with van der Waals surface area (Å²) in [7, 11) is 4.46. The highest BCUT2D eigenvalue weighted by Crippen LogP contribution is 2.28. The first kappa shape index (κ1) is 16.6. The lowest BCUT2D eigenvalue weighted by molar-refractivity contribution is 0.101. The van der Waals surface area contributed by atoms with Gasteiger partial charge in [0.25, 0.3) is 0 Å². The third kappa shape index (κ3) is 3.91. The average Bonchev–Trinajstić information content (AvgIpc) is 2.59. The molecule has 0 saturated carbocycles. The van der Waals surface area contributed by atoms with E-state index in [9.17, 15) is 9.18 Å². The van der Waals surface area contributed by atoms with Gasteiger partial charge in [-0.2, -0.15) is 0 Å². The van der Waals surface area contributed by atoms with Crippen molar-refractivity contribution in [1.82, 2.24) is 0 Å². The molecular formula is C17H18FNO4. The van der Waals surface area contributed by atoms with E-state index >= 15 is 0 Å². The summed E-state index contributed by atoms with van der Waals surface area (Å²) in [6, 6.07) is 9.32. The molecule has 0 heterocycles.